The van der Waals surface area contributed by atoms with Gasteiger partial charge in [-0.1, -0.05) is 13.3 Å². The van der Waals surface area contributed by atoms with Crippen molar-refractivity contribution >= 4 is 11.8 Å². The summed E-state index contributed by atoms with van der Waals surface area (Å²) in [6, 6.07) is 6.13. The highest BCUT2D eigenvalue weighted by atomic mass is 16.5. The first-order valence-corrected chi connectivity index (χ1v) is 8.80. The molecule has 0 saturated carbocycles. The molecule has 0 unspecified atom stereocenters. The Hall–Kier alpha value is -2.50. The maximum absolute atomic E-state index is 5.44. The Morgan fingerprint density at radius 2 is 1.92 bits per heavy atom. The molecule has 134 valence electrons. The normalized spacial score (nSPS) is 13.3. The van der Waals surface area contributed by atoms with Crippen LogP contribution in [0, 0.1) is 0 Å². The van der Waals surface area contributed by atoms with Gasteiger partial charge in [-0.15, -0.1) is 0 Å². The first kappa shape index (κ1) is 17.3. The molecule has 0 aliphatic carbocycles. The summed E-state index contributed by atoms with van der Waals surface area (Å²) in [5.41, 5.74) is 2.56. The molecule has 0 saturated heterocycles. The zero-order valence-electron chi connectivity index (χ0n) is 15.2. The molecule has 0 atom stereocenters. The molecule has 1 aliphatic heterocycles. The molecule has 0 fully saturated rings. The fraction of sp³-hybridized carbons (Fsp3) is 0.474. The SMILES string of the molecule is CCCCNc1nccc(N2CCc3cc(OC)c(OC)cc3C2)n1. The molecule has 0 bridgehead atoms. The molecule has 0 amide bonds. The molecule has 1 aromatic carbocycles. The van der Waals surface area contributed by atoms with E-state index >= 15 is 0 Å². The van der Waals surface area contributed by atoms with Crippen molar-refractivity contribution in [3.8, 4) is 11.5 Å². The van der Waals surface area contributed by atoms with E-state index < -0.39 is 0 Å². The van der Waals surface area contributed by atoms with Gasteiger partial charge in [0.25, 0.3) is 0 Å². The number of fused-ring (bicyclic) bond motifs is 1. The highest BCUT2D eigenvalue weighted by Crippen LogP contribution is 2.34. The molecular weight excluding hydrogens is 316 g/mol. The van der Waals surface area contributed by atoms with Crippen molar-refractivity contribution in [1.82, 2.24) is 9.97 Å². The van der Waals surface area contributed by atoms with E-state index in [9.17, 15) is 0 Å². The lowest BCUT2D eigenvalue weighted by molar-refractivity contribution is 0.353. The predicted molar refractivity (Wildman–Crippen MR) is 99.7 cm³/mol. The Morgan fingerprint density at radius 3 is 2.64 bits per heavy atom. The fourth-order valence-corrected chi connectivity index (χ4v) is 3.07. The molecule has 2 heterocycles. The van der Waals surface area contributed by atoms with Crippen molar-refractivity contribution in [2.45, 2.75) is 32.7 Å². The summed E-state index contributed by atoms with van der Waals surface area (Å²) in [7, 11) is 3.34. The third-order valence-corrected chi connectivity index (χ3v) is 4.50. The second-order valence-corrected chi connectivity index (χ2v) is 6.17. The summed E-state index contributed by atoms with van der Waals surface area (Å²) >= 11 is 0. The molecule has 1 N–H and O–H groups in total. The van der Waals surface area contributed by atoms with Crippen molar-refractivity contribution in [1.29, 1.82) is 0 Å². The summed E-state index contributed by atoms with van der Waals surface area (Å²) in [6.07, 6.45) is 5.05. The lowest BCUT2D eigenvalue weighted by Crippen LogP contribution is -2.31. The Morgan fingerprint density at radius 1 is 1.16 bits per heavy atom. The van der Waals surface area contributed by atoms with Gasteiger partial charge in [0.1, 0.15) is 5.82 Å². The average Bonchev–Trinajstić information content (AvgIpc) is 2.67. The fourth-order valence-electron chi connectivity index (χ4n) is 3.07. The summed E-state index contributed by atoms with van der Waals surface area (Å²) in [4.78, 5) is 11.3. The van der Waals surface area contributed by atoms with Crippen LogP contribution in [0.2, 0.25) is 0 Å². The quantitative estimate of drug-likeness (QED) is 0.779. The van der Waals surface area contributed by atoms with E-state index in [2.05, 4.69) is 39.2 Å². The number of methoxy groups -OCH3 is 2. The Bertz CT molecular complexity index is 721. The van der Waals surface area contributed by atoms with E-state index in [-0.39, 0.29) is 0 Å². The first-order chi connectivity index (χ1) is 12.2. The minimum Gasteiger partial charge on any atom is -0.493 e. The smallest absolute Gasteiger partial charge is 0.224 e. The average molecular weight is 342 g/mol. The highest BCUT2D eigenvalue weighted by molar-refractivity contribution is 5.52. The van der Waals surface area contributed by atoms with Crippen molar-refractivity contribution < 1.29 is 9.47 Å². The zero-order chi connectivity index (χ0) is 17.6. The van der Waals surface area contributed by atoms with Crippen LogP contribution in [0.3, 0.4) is 0 Å². The standard InChI is InChI=1S/C19H26N4O2/c1-4-5-8-20-19-21-9-6-18(22-19)23-10-7-14-11-16(24-2)17(25-3)12-15(14)13-23/h6,9,11-12H,4-5,7-8,10,13H2,1-3H3,(H,20,21,22). The lowest BCUT2D eigenvalue weighted by atomic mass is 9.99. The van der Waals surface area contributed by atoms with Gasteiger partial charge in [-0.2, -0.15) is 4.98 Å². The minimum absolute atomic E-state index is 0.698. The second kappa shape index (κ2) is 8.05. The van der Waals surface area contributed by atoms with Crippen LogP contribution in [0.25, 0.3) is 0 Å². The third kappa shape index (κ3) is 3.95. The Kier molecular flexibility index (Phi) is 5.58. The van der Waals surface area contributed by atoms with Gasteiger partial charge in [-0.25, -0.2) is 4.98 Å². The van der Waals surface area contributed by atoms with E-state index in [0.717, 1.165) is 56.2 Å². The minimum atomic E-state index is 0.698. The number of benzene rings is 1. The van der Waals surface area contributed by atoms with Crippen LogP contribution < -0.4 is 19.7 Å². The summed E-state index contributed by atoms with van der Waals surface area (Å²) < 4.78 is 10.8. The number of aromatic nitrogens is 2. The van der Waals surface area contributed by atoms with E-state index in [1.165, 1.54) is 11.1 Å². The molecule has 6 heteroatoms. The number of nitrogens with zero attached hydrogens (tertiary/aromatic N) is 3. The van der Waals surface area contributed by atoms with Gasteiger partial charge in [0.05, 0.1) is 14.2 Å². The van der Waals surface area contributed by atoms with E-state index in [0.29, 0.717) is 5.95 Å². The van der Waals surface area contributed by atoms with Gasteiger partial charge in [0, 0.05) is 25.8 Å². The van der Waals surface area contributed by atoms with Gasteiger partial charge >= 0.3 is 0 Å². The van der Waals surface area contributed by atoms with Crippen LogP contribution in [0.15, 0.2) is 24.4 Å². The van der Waals surface area contributed by atoms with Crippen LogP contribution in [-0.2, 0) is 13.0 Å². The Balaban J connectivity index is 1.77. The molecule has 25 heavy (non-hydrogen) atoms. The Labute approximate surface area is 149 Å². The molecule has 3 rings (SSSR count). The van der Waals surface area contributed by atoms with Crippen molar-refractivity contribution in [2.24, 2.45) is 0 Å². The third-order valence-electron chi connectivity index (χ3n) is 4.50. The molecule has 2 aromatic rings. The van der Waals surface area contributed by atoms with E-state index in [1.54, 1.807) is 14.2 Å². The monoisotopic (exact) mass is 342 g/mol. The predicted octanol–water partition coefficient (Wildman–Crippen LogP) is 3.27. The highest BCUT2D eigenvalue weighted by Gasteiger charge is 2.20. The molecule has 1 aromatic heterocycles. The van der Waals surface area contributed by atoms with Gasteiger partial charge in [0.2, 0.25) is 5.95 Å². The van der Waals surface area contributed by atoms with Gasteiger partial charge in [-0.05, 0) is 42.2 Å². The topological polar surface area (TPSA) is 59.5 Å². The van der Waals surface area contributed by atoms with Crippen LogP contribution in [0.5, 0.6) is 11.5 Å². The molecule has 0 spiro atoms. The van der Waals surface area contributed by atoms with Gasteiger partial charge in [0.15, 0.2) is 11.5 Å². The number of hydrogen-bond donors (Lipinski definition) is 1. The van der Waals surface area contributed by atoms with Crippen LogP contribution in [-0.4, -0.2) is 37.3 Å². The summed E-state index contributed by atoms with van der Waals surface area (Å²) in [6.45, 7) is 4.81. The number of hydrogen-bond acceptors (Lipinski definition) is 6. The lowest BCUT2D eigenvalue weighted by Gasteiger charge is -2.30. The van der Waals surface area contributed by atoms with Crippen LogP contribution in [0.1, 0.15) is 30.9 Å². The summed E-state index contributed by atoms with van der Waals surface area (Å²) in [5, 5.41) is 3.29. The number of rotatable bonds is 7. The van der Waals surface area contributed by atoms with Crippen LogP contribution >= 0.6 is 0 Å². The maximum atomic E-state index is 5.44. The maximum Gasteiger partial charge on any atom is 0.224 e. The molecule has 6 nitrogen and oxygen atoms in total. The number of anilines is 2. The van der Waals surface area contributed by atoms with Gasteiger partial charge < -0.3 is 19.7 Å². The number of nitrogens with one attached hydrogen (secondary N) is 1. The van der Waals surface area contributed by atoms with Gasteiger partial charge in [-0.3, -0.25) is 0 Å². The zero-order valence-corrected chi connectivity index (χ0v) is 15.2. The number of ether oxygens (including phenoxy) is 2. The summed E-state index contributed by atoms with van der Waals surface area (Å²) in [5.74, 6) is 3.21. The van der Waals surface area contributed by atoms with E-state index in [4.69, 9.17) is 9.47 Å². The first-order valence-electron chi connectivity index (χ1n) is 8.80. The molecule has 0 radical (unpaired) electrons. The molecule has 1 aliphatic rings. The number of unbranched alkanes of at least 4 members (excludes halogenated alkanes) is 1. The molecular formula is C19H26N4O2. The largest absolute Gasteiger partial charge is 0.493 e. The van der Waals surface area contributed by atoms with E-state index in [1.807, 2.05) is 12.3 Å². The van der Waals surface area contributed by atoms with Crippen molar-refractivity contribution in [2.75, 3.05) is 37.5 Å². The van der Waals surface area contributed by atoms with Crippen molar-refractivity contribution in [3.63, 3.8) is 0 Å². The van der Waals surface area contributed by atoms with Crippen molar-refractivity contribution in [3.05, 3.63) is 35.5 Å². The second-order valence-electron chi connectivity index (χ2n) is 6.17. The van der Waals surface area contributed by atoms with Crippen LogP contribution in [0.4, 0.5) is 11.8 Å².